The van der Waals surface area contributed by atoms with Gasteiger partial charge in [-0.1, -0.05) is 0 Å². The van der Waals surface area contributed by atoms with Crippen LogP contribution in [0.5, 0.6) is 0 Å². The maximum absolute atomic E-state index is 4.45. The molecule has 0 aromatic carbocycles. The van der Waals surface area contributed by atoms with E-state index < -0.39 is 0 Å². The summed E-state index contributed by atoms with van der Waals surface area (Å²) in [4.78, 5) is 3.38. The molecule has 0 saturated heterocycles. The Hall–Kier alpha value is -0.640. The van der Waals surface area contributed by atoms with E-state index in [1.54, 1.807) is 0 Å². The van der Waals surface area contributed by atoms with E-state index in [1.807, 2.05) is 0 Å². The molecule has 0 unspecified atom stereocenters. The van der Waals surface area contributed by atoms with Gasteiger partial charge < -0.3 is 4.52 Å². The fourth-order valence-electron chi connectivity index (χ4n) is 0.154. The third kappa shape index (κ3) is 0.463. The minimum absolute atomic E-state index is 0.329. The summed E-state index contributed by atoms with van der Waals surface area (Å²) >= 11 is 4.45. The van der Waals surface area contributed by atoms with Gasteiger partial charge in [0.2, 0.25) is 4.77 Å². The highest BCUT2D eigenvalue weighted by Gasteiger charge is 1.71. The Morgan fingerprint density at radius 3 is 3.00 bits per heavy atom. The van der Waals surface area contributed by atoms with Crippen LogP contribution < -0.4 is 0 Å². The third-order valence-electron chi connectivity index (χ3n) is 0.331. The van der Waals surface area contributed by atoms with E-state index in [0.29, 0.717) is 4.77 Å². The van der Waals surface area contributed by atoms with Crippen molar-refractivity contribution >= 4 is 12.2 Å². The molecule has 31 valence electrons. The molecule has 0 bridgehead atoms. The van der Waals surface area contributed by atoms with Crippen molar-refractivity contribution in [2.45, 2.75) is 0 Å². The molecule has 1 aromatic heterocycles. The van der Waals surface area contributed by atoms with Gasteiger partial charge in [-0.15, -0.1) is 0 Å². The summed E-state index contributed by atoms with van der Waals surface area (Å²) in [6.07, 6.45) is 2.14. The summed E-state index contributed by atoms with van der Waals surface area (Å²) in [5.41, 5.74) is 0. The van der Waals surface area contributed by atoms with Gasteiger partial charge in [-0.25, -0.2) is 0 Å². The molecule has 1 rings (SSSR count). The molecule has 0 aliphatic heterocycles. The quantitative estimate of drug-likeness (QED) is 0.485. The standard InChI is InChI=1S/C2HN2OS/c6-2-3-1-5-4-2/h(H,4,6). The van der Waals surface area contributed by atoms with Crippen molar-refractivity contribution in [2.24, 2.45) is 0 Å². The van der Waals surface area contributed by atoms with Crippen LogP contribution in [0.1, 0.15) is 0 Å². The molecule has 1 N–H and O–H groups in total. The number of hydrogen-bond acceptors (Lipinski definition) is 3. The van der Waals surface area contributed by atoms with Crippen LogP contribution in [0.15, 0.2) is 4.52 Å². The highest BCUT2D eigenvalue weighted by atomic mass is 32.1. The summed E-state index contributed by atoms with van der Waals surface area (Å²) in [7, 11) is 0. The average Bonchev–Trinajstić information content (AvgIpc) is 1.86. The van der Waals surface area contributed by atoms with E-state index in [1.165, 1.54) is 0 Å². The Kier molecular flexibility index (Phi) is 0.719. The van der Waals surface area contributed by atoms with E-state index in [4.69, 9.17) is 0 Å². The second kappa shape index (κ2) is 1.22. The lowest BCUT2D eigenvalue weighted by molar-refractivity contribution is 0.407. The van der Waals surface area contributed by atoms with Gasteiger partial charge >= 0.3 is 6.39 Å². The number of aromatic nitrogens is 2. The average molecular weight is 101 g/mol. The molecule has 0 aliphatic carbocycles. The first-order valence-corrected chi connectivity index (χ1v) is 1.72. The molecule has 0 atom stereocenters. The fraction of sp³-hybridized carbons (Fsp3) is 0. The first-order valence-electron chi connectivity index (χ1n) is 1.31. The number of rotatable bonds is 0. The van der Waals surface area contributed by atoms with E-state index in [-0.39, 0.29) is 0 Å². The number of nitrogens with zero attached hydrogens (tertiary/aromatic N) is 1. The van der Waals surface area contributed by atoms with Crippen LogP contribution in [0.4, 0.5) is 0 Å². The monoisotopic (exact) mass is 101 g/mol. The predicted molar refractivity (Wildman–Crippen MR) is 20.5 cm³/mol. The van der Waals surface area contributed by atoms with Crippen LogP contribution in [-0.4, -0.2) is 10.1 Å². The molecule has 0 amide bonds. The van der Waals surface area contributed by atoms with Crippen molar-refractivity contribution < 1.29 is 4.52 Å². The topological polar surface area (TPSA) is 41.8 Å². The number of nitrogens with one attached hydrogen (secondary N) is 1. The number of H-pyrrole nitrogens is 1. The van der Waals surface area contributed by atoms with E-state index >= 15 is 0 Å². The zero-order chi connectivity index (χ0) is 4.41. The molecule has 0 aliphatic rings. The van der Waals surface area contributed by atoms with Crippen molar-refractivity contribution in [1.29, 1.82) is 0 Å². The van der Waals surface area contributed by atoms with Crippen molar-refractivity contribution in [3.8, 4) is 0 Å². The molecule has 1 radical (unpaired) electrons. The van der Waals surface area contributed by atoms with Gasteiger partial charge in [0.15, 0.2) is 0 Å². The van der Waals surface area contributed by atoms with E-state index in [9.17, 15) is 0 Å². The Labute approximate surface area is 39.0 Å². The van der Waals surface area contributed by atoms with Gasteiger partial charge in [-0.05, 0) is 12.2 Å². The molecular formula is C2HN2OS. The number of hydrogen-bond donors (Lipinski definition) is 1. The predicted octanol–water partition coefficient (Wildman–Crippen LogP) is 0.532. The summed E-state index contributed by atoms with van der Waals surface area (Å²) in [5, 5.41) is 2.27. The first-order chi connectivity index (χ1) is 2.89. The largest absolute Gasteiger partial charge is 0.353 e. The molecular weight excluding hydrogens is 100 g/mol. The van der Waals surface area contributed by atoms with Crippen molar-refractivity contribution in [3.05, 3.63) is 11.2 Å². The third-order valence-corrected chi connectivity index (χ3v) is 0.506. The lowest BCUT2D eigenvalue weighted by atomic mass is 11.3. The van der Waals surface area contributed by atoms with Crippen molar-refractivity contribution in [1.82, 2.24) is 10.1 Å². The minimum Gasteiger partial charge on any atom is -0.353 e. The van der Waals surface area contributed by atoms with Gasteiger partial charge in [-0.3, -0.25) is 0 Å². The zero-order valence-corrected chi connectivity index (χ0v) is 3.58. The van der Waals surface area contributed by atoms with Crippen LogP contribution in [0.25, 0.3) is 0 Å². The van der Waals surface area contributed by atoms with Crippen LogP contribution in [0, 0.1) is 11.2 Å². The van der Waals surface area contributed by atoms with Crippen LogP contribution in [-0.2, 0) is 0 Å². The summed E-state index contributed by atoms with van der Waals surface area (Å²) in [6, 6.07) is 0. The first kappa shape index (κ1) is 3.55. The summed E-state index contributed by atoms with van der Waals surface area (Å²) in [6.45, 7) is 0. The molecule has 0 fully saturated rings. The molecule has 1 aromatic rings. The van der Waals surface area contributed by atoms with Crippen molar-refractivity contribution in [3.63, 3.8) is 0 Å². The molecule has 3 nitrogen and oxygen atoms in total. The smallest absolute Gasteiger partial charge is 0.314 e. The van der Waals surface area contributed by atoms with Crippen molar-refractivity contribution in [2.75, 3.05) is 0 Å². The molecule has 0 spiro atoms. The van der Waals surface area contributed by atoms with Gasteiger partial charge in [-0.2, -0.15) is 10.1 Å². The Morgan fingerprint density at radius 1 is 2.00 bits per heavy atom. The lowest BCUT2D eigenvalue weighted by Gasteiger charge is -1.52. The van der Waals surface area contributed by atoms with E-state index in [0.717, 1.165) is 0 Å². The highest BCUT2D eigenvalue weighted by molar-refractivity contribution is 7.71. The molecule has 6 heavy (non-hydrogen) atoms. The summed E-state index contributed by atoms with van der Waals surface area (Å²) in [5.74, 6) is 0. The van der Waals surface area contributed by atoms with Crippen LogP contribution in [0.3, 0.4) is 0 Å². The maximum atomic E-state index is 4.45. The zero-order valence-electron chi connectivity index (χ0n) is 2.76. The van der Waals surface area contributed by atoms with Gasteiger partial charge in [0.25, 0.3) is 0 Å². The van der Waals surface area contributed by atoms with Gasteiger partial charge in [0.1, 0.15) is 0 Å². The normalized spacial score (nSPS) is 8.67. The molecule has 0 saturated carbocycles. The lowest BCUT2D eigenvalue weighted by Crippen LogP contribution is -1.55. The van der Waals surface area contributed by atoms with Crippen LogP contribution >= 0.6 is 12.2 Å². The minimum atomic E-state index is 0.329. The van der Waals surface area contributed by atoms with Gasteiger partial charge in [0, 0.05) is 0 Å². The van der Waals surface area contributed by atoms with Crippen LogP contribution in [0.2, 0.25) is 0 Å². The fourth-order valence-corrected chi connectivity index (χ4v) is 0.233. The Morgan fingerprint density at radius 2 is 2.83 bits per heavy atom. The Balaban J connectivity index is 3.41. The Bertz CT molecular complexity index is 149. The number of aromatic amines is 1. The second-order valence-corrected chi connectivity index (χ2v) is 1.10. The van der Waals surface area contributed by atoms with Gasteiger partial charge in [0.05, 0.1) is 0 Å². The molecule has 1 heterocycles. The molecule has 4 heteroatoms. The second-order valence-electron chi connectivity index (χ2n) is 0.712. The maximum Gasteiger partial charge on any atom is 0.314 e. The van der Waals surface area contributed by atoms with E-state index in [2.05, 4.69) is 33.3 Å². The highest BCUT2D eigenvalue weighted by Crippen LogP contribution is 1.71. The summed E-state index contributed by atoms with van der Waals surface area (Å²) < 4.78 is 4.58. The SMILES string of the molecule is S=c1n[c]o[nH]1.